The lowest BCUT2D eigenvalue weighted by atomic mass is 9.85. The molecule has 1 amide bonds. The smallest absolute Gasteiger partial charge is 0.341 e. The van der Waals surface area contributed by atoms with E-state index in [0.717, 1.165) is 23.1 Å². The van der Waals surface area contributed by atoms with Crippen LogP contribution in [-0.2, 0) is 27.5 Å². The van der Waals surface area contributed by atoms with Gasteiger partial charge >= 0.3 is 5.97 Å². The minimum absolute atomic E-state index is 0.0113. The number of hydrogen-bond donors (Lipinski definition) is 1. The van der Waals surface area contributed by atoms with E-state index in [1.54, 1.807) is 38.1 Å². The third-order valence-corrected chi connectivity index (χ3v) is 8.59. The average Bonchev–Trinajstić information content (AvgIpc) is 2.95. The minimum Gasteiger partial charge on any atom is -0.462 e. The molecule has 0 spiro atoms. The third-order valence-electron chi connectivity index (χ3n) is 6.83. The Balaban J connectivity index is 1.47. The fourth-order valence-corrected chi connectivity index (χ4v) is 5.68. The molecule has 10 heteroatoms. The van der Waals surface area contributed by atoms with Gasteiger partial charge < -0.3 is 15.0 Å². The maximum Gasteiger partial charge on any atom is 0.341 e. The molecule has 9 nitrogen and oxygen atoms in total. The van der Waals surface area contributed by atoms with Gasteiger partial charge in [-0.05, 0) is 60.2 Å². The van der Waals surface area contributed by atoms with Crippen LogP contribution in [0.15, 0.2) is 59.8 Å². The number of rotatable bonds is 9. The average molecular weight is 551 g/mol. The predicted octanol–water partition coefficient (Wildman–Crippen LogP) is 4.14. The van der Waals surface area contributed by atoms with Gasteiger partial charge in [-0.3, -0.25) is 4.79 Å². The van der Waals surface area contributed by atoms with E-state index >= 15 is 0 Å². The van der Waals surface area contributed by atoms with E-state index < -0.39 is 15.8 Å². The lowest BCUT2D eigenvalue weighted by molar-refractivity contribution is 0.0525. The highest BCUT2D eigenvalue weighted by Crippen LogP contribution is 2.37. The number of ether oxygens (including phenoxy) is 1. The van der Waals surface area contributed by atoms with E-state index in [-0.39, 0.29) is 35.1 Å². The summed E-state index contributed by atoms with van der Waals surface area (Å²) in [6, 6.07) is 12.4. The molecule has 0 fully saturated rings. The molecule has 206 valence electrons. The Hall–Kier alpha value is -3.79. The van der Waals surface area contributed by atoms with Crippen LogP contribution in [0.5, 0.6) is 0 Å². The lowest BCUT2D eigenvalue weighted by Crippen LogP contribution is -2.39. The minimum atomic E-state index is -3.26. The number of hydrogen-bond acceptors (Lipinski definition) is 8. The van der Waals surface area contributed by atoms with Crippen LogP contribution in [0.1, 0.15) is 71.1 Å². The molecule has 1 aliphatic rings. The van der Waals surface area contributed by atoms with Crippen molar-refractivity contribution in [1.29, 1.82) is 0 Å². The number of aromatic nitrogens is 2. The molecule has 1 aliphatic heterocycles. The lowest BCUT2D eigenvalue weighted by Gasteiger charge is -2.40. The van der Waals surface area contributed by atoms with Crippen molar-refractivity contribution < 1.29 is 22.7 Å². The van der Waals surface area contributed by atoms with Gasteiger partial charge in [0.1, 0.15) is 0 Å². The number of carbonyl (C=O) groups is 2. The van der Waals surface area contributed by atoms with Crippen molar-refractivity contribution >= 4 is 27.7 Å². The van der Waals surface area contributed by atoms with Crippen LogP contribution in [0, 0.1) is 5.92 Å². The third kappa shape index (κ3) is 6.27. The molecule has 0 radical (unpaired) electrons. The Labute approximate surface area is 229 Å². The maximum atomic E-state index is 12.9. The van der Waals surface area contributed by atoms with Gasteiger partial charge in [0, 0.05) is 31.0 Å². The van der Waals surface area contributed by atoms with E-state index in [9.17, 15) is 18.0 Å². The second-order valence-electron chi connectivity index (χ2n) is 9.77. The van der Waals surface area contributed by atoms with Crippen molar-refractivity contribution in [2.24, 2.45) is 5.92 Å². The molecule has 2 aromatic carbocycles. The summed E-state index contributed by atoms with van der Waals surface area (Å²) in [5.74, 6) is 0.208. The summed E-state index contributed by atoms with van der Waals surface area (Å²) in [6.45, 7) is 8.90. The number of fused-ring (bicyclic) bond motifs is 1. The molecular formula is C29H34N4O5S. The van der Waals surface area contributed by atoms with Crippen LogP contribution in [0.4, 0.5) is 5.95 Å². The largest absolute Gasteiger partial charge is 0.462 e. The number of sulfone groups is 1. The Bertz CT molecular complexity index is 1440. The summed E-state index contributed by atoms with van der Waals surface area (Å²) < 4.78 is 29.0. The van der Waals surface area contributed by atoms with Crippen LogP contribution in [0.3, 0.4) is 0 Å². The number of nitrogens with one attached hydrogen (secondary N) is 1. The fraction of sp³-hybridized carbons (Fsp3) is 0.379. The zero-order chi connectivity index (χ0) is 28.2. The van der Waals surface area contributed by atoms with Crippen LogP contribution < -0.4 is 10.2 Å². The van der Waals surface area contributed by atoms with Gasteiger partial charge in [0.05, 0.1) is 28.9 Å². The van der Waals surface area contributed by atoms with Crippen LogP contribution in [-0.4, -0.2) is 49.2 Å². The highest BCUT2D eigenvalue weighted by atomic mass is 32.2. The highest BCUT2D eigenvalue weighted by Gasteiger charge is 2.32. The van der Waals surface area contributed by atoms with E-state index in [2.05, 4.69) is 34.0 Å². The summed E-state index contributed by atoms with van der Waals surface area (Å²) in [7, 11) is -3.26. The molecule has 4 rings (SSSR count). The van der Waals surface area contributed by atoms with Crippen molar-refractivity contribution in [2.75, 3.05) is 23.8 Å². The summed E-state index contributed by atoms with van der Waals surface area (Å²) in [5.41, 5.74) is 3.94. The first kappa shape index (κ1) is 28.2. The molecule has 0 saturated carbocycles. The van der Waals surface area contributed by atoms with E-state index in [1.165, 1.54) is 12.4 Å². The van der Waals surface area contributed by atoms with Gasteiger partial charge in [0.25, 0.3) is 5.91 Å². The van der Waals surface area contributed by atoms with Crippen molar-refractivity contribution in [1.82, 2.24) is 15.3 Å². The van der Waals surface area contributed by atoms with Gasteiger partial charge in [-0.2, -0.15) is 0 Å². The number of amides is 1. The van der Waals surface area contributed by atoms with Crippen LogP contribution >= 0.6 is 0 Å². The normalized spacial score (nSPS) is 15.1. The van der Waals surface area contributed by atoms with Crippen LogP contribution in [0.25, 0.3) is 0 Å². The zero-order valence-corrected chi connectivity index (χ0v) is 23.5. The molecule has 1 atom stereocenters. The monoisotopic (exact) mass is 550 g/mol. The topological polar surface area (TPSA) is 119 Å². The van der Waals surface area contributed by atoms with Crippen molar-refractivity contribution in [3.8, 4) is 0 Å². The molecule has 0 unspecified atom stereocenters. The van der Waals surface area contributed by atoms with E-state index in [1.807, 2.05) is 18.2 Å². The van der Waals surface area contributed by atoms with E-state index in [0.29, 0.717) is 30.2 Å². The quantitative estimate of drug-likeness (QED) is 0.395. The number of benzene rings is 2. The standard InChI is InChI=1S/C29H34N4O5S/c1-5-38-28(35)23-17-31-29(32-18-23)33-14-13-21-15-22(9-12-25(21)26(33)19(3)4)27(34)30-16-20-7-10-24(11-8-20)39(36,37)6-2/h7-12,15,17-19,26H,5-6,13-14,16H2,1-4H3,(H,30,34)/t26-/m1/s1. The highest BCUT2D eigenvalue weighted by molar-refractivity contribution is 7.91. The number of esters is 1. The fourth-order valence-electron chi connectivity index (χ4n) is 4.80. The molecule has 0 saturated heterocycles. The number of nitrogens with zero attached hydrogens (tertiary/aromatic N) is 3. The predicted molar refractivity (Wildman–Crippen MR) is 148 cm³/mol. The first-order valence-corrected chi connectivity index (χ1v) is 14.8. The van der Waals surface area contributed by atoms with E-state index in [4.69, 9.17) is 4.74 Å². The second-order valence-corrected chi connectivity index (χ2v) is 12.0. The Morgan fingerprint density at radius 1 is 1.05 bits per heavy atom. The van der Waals surface area contributed by atoms with Gasteiger partial charge in [-0.1, -0.05) is 39.0 Å². The molecule has 3 aromatic rings. The first-order valence-electron chi connectivity index (χ1n) is 13.1. The summed E-state index contributed by atoms with van der Waals surface area (Å²) in [6.07, 6.45) is 3.71. The van der Waals surface area contributed by atoms with Gasteiger partial charge in [-0.25, -0.2) is 23.2 Å². The number of carbonyl (C=O) groups excluding carboxylic acids is 2. The molecule has 0 aliphatic carbocycles. The van der Waals surface area contributed by atoms with Gasteiger partial charge in [0.15, 0.2) is 9.84 Å². The number of anilines is 1. The van der Waals surface area contributed by atoms with Crippen molar-refractivity contribution in [3.63, 3.8) is 0 Å². The van der Waals surface area contributed by atoms with Crippen molar-refractivity contribution in [2.45, 2.75) is 51.6 Å². The molecule has 0 bridgehead atoms. The maximum absolute atomic E-state index is 12.9. The molecular weight excluding hydrogens is 516 g/mol. The Morgan fingerprint density at radius 2 is 1.74 bits per heavy atom. The molecule has 2 heterocycles. The van der Waals surface area contributed by atoms with Crippen LogP contribution in [0.2, 0.25) is 0 Å². The summed E-state index contributed by atoms with van der Waals surface area (Å²) in [4.78, 5) is 36.2. The van der Waals surface area contributed by atoms with Crippen molar-refractivity contribution in [3.05, 3.63) is 82.7 Å². The molecule has 1 aromatic heterocycles. The zero-order valence-electron chi connectivity index (χ0n) is 22.7. The molecule has 1 N–H and O–H groups in total. The molecule has 39 heavy (non-hydrogen) atoms. The first-order chi connectivity index (χ1) is 18.6. The second kappa shape index (κ2) is 11.9. The summed E-state index contributed by atoms with van der Waals surface area (Å²) in [5, 5.41) is 2.93. The van der Waals surface area contributed by atoms with Gasteiger partial charge in [-0.15, -0.1) is 0 Å². The van der Waals surface area contributed by atoms with Gasteiger partial charge in [0.2, 0.25) is 5.95 Å². The summed E-state index contributed by atoms with van der Waals surface area (Å²) >= 11 is 0. The SMILES string of the molecule is CCOC(=O)c1cnc(N2CCc3cc(C(=O)NCc4ccc(S(=O)(=O)CC)cc4)ccc3[C@H]2C(C)C)nc1. The Morgan fingerprint density at radius 3 is 2.36 bits per heavy atom. The Kier molecular flexibility index (Phi) is 8.64.